The number of unbranched alkanes of at least 4 members (excludes halogenated alkanes) is 1. The van der Waals surface area contributed by atoms with Crippen LogP contribution in [0.2, 0.25) is 0 Å². The van der Waals surface area contributed by atoms with Crippen LogP contribution in [0.15, 0.2) is 0 Å². The van der Waals surface area contributed by atoms with Crippen molar-refractivity contribution in [2.45, 2.75) is 52.4 Å². The molecule has 18 heavy (non-hydrogen) atoms. The van der Waals surface area contributed by atoms with Crippen LogP contribution in [0.25, 0.3) is 0 Å². The zero-order chi connectivity index (χ0) is 14.8. The van der Waals surface area contributed by atoms with Gasteiger partial charge >= 0.3 is 11.9 Å². The molecule has 0 aliphatic carbocycles. The van der Waals surface area contributed by atoms with Crippen LogP contribution in [-0.2, 0) is 9.59 Å². The third kappa shape index (κ3) is 46.2. The number of carboxylic acid groups (broad SMARTS) is 2. The van der Waals surface area contributed by atoms with Gasteiger partial charge in [0, 0.05) is 26.1 Å². The van der Waals surface area contributed by atoms with Crippen LogP contribution in [0.1, 0.15) is 52.4 Å². The van der Waals surface area contributed by atoms with Crippen LogP contribution in [0.3, 0.4) is 0 Å². The van der Waals surface area contributed by atoms with Gasteiger partial charge in [0.15, 0.2) is 0 Å². The van der Waals surface area contributed by atoms with E-state index in [0.29, 0.717) is 12.8 Å². The third-order valence-electron chi connectivity index (χ3n) is 1.49. The maximum Gasteiger partial charge on any atom is 0.303 e. The second-order valence-electron chi connectivity index (χ2n) is 3.44. The van der Waals surface area contributed by atoms with Crippen molar-refractivity contribution < 1.29 is 30.0 Å². The van der Waals surface area contributed by atoms with Crippen molar-refractivity contribution in [2.75, 3.05) is 13.2 Å². The molecule has 0 bridgehead atoms. The molecule has 0 aliphatic rings. The molecule has 6 nitrogen and oxygen atoms in total. The molecule has 110 valence electrons. The maximum atomic E-state index is 9.60. The van der Waals surface area contributed by atoms with Gasteiger partial charge in [0.25, 0.3) is 0 Å². The number of aliphatic hydroxyl groups excluding tert-OH is 2. The Bertz CT molecular complexity index is 161. The van der Waals surface area contributed by atoms with Gasteiger partial charge in [0.05, 0.1) is 0 Å². The third-order valence-corrected chi connectivity index (χ3v) is 1.49. The average Bonchev–Trinajstić information content (AvgIpc) is 2.27. The number of hydrogen-bond acceptors (Lipinski definition) is 4. The van der Waals surface area contributed by atoms with Crippen LogP contribution in [0, 0.1) is 0 Å². The van der Waals surface area contributed by atoms with E-state index in [9.17, 15) is 9.59 Å². The monoisotopic (exact) mass is 266 g/mol. The van der Waals surface area contributed by atoms with Crippen molar-refractivity contribution in [3.63, 3.8) is 0 Å². The lowest BCUT2D eigenvalue weighted by atomic mass is 10.3. The van der Waals surface area contributed by atoms with Crippen molar-refractivity contribution in [1.29, 1.82) is 0 Å². The molecule has 0 rings (SSSR count). The molecule has 0 aromatic rings. The number of aliphatic carboxylic acids is 2. The van der Waals surface area contributed by atoms with Crippen molar-refractivity contribution in [3.05, 3.63) is 0 Å². The van der Waals surface area contributed by atoms with Crippen LogP contribution in [0.4, 0.5) is 0 Å². The molecule has 0 unspecified atom stereocenters. The Morgan fingerprint density at radius 3 is 1.11 bits per heavy atom. The number of carboxylic acids is 2. The van der Waals surface area contributed by atoms with E-state index in [-0.39, 0.29) is 13.2 Å². The maximum absolute atomic E-state index is 9.60. The largest absolute Gasteiger partial charge is 0.481 e. The predicted molar refractivity (Wildman–Crippen MR) is 68.5 cm³/mol. The highest BCUT2D eigenvalue weighted by molar-refractivity contribution is 5.66. The molecule has 0 aromatic heterocycles. The molecule has 0 spiro atoms. The minimum Gasteiger partial charge on any atom is -0.481 e. The summed E-state index contributed by atoms with van der Waals surface area (Å²) >= 11 is 0. The van der Waals surface area contributed by atoms with E-state index in [1.165, 1.54) is 0 Å². The highest BCUT2D eigenvalue weighted by Gasteiger charge is 1.88. The molecule has 0 saturated heterocycles. The topological polar surface area (TPSA) is 115 Å². The Kier molecular flexibility index (Phi) is 26.0. The van der Waals surface area contributed by atoms with Crippen LogP contribution >= 0.6 is 0 Å². The summed E-state index contributed by atoms with van der Waals surface area (Å²) in [6.07, 6.45) is 3.48. The molecule has 0 radical (unpaired) electrons. The van der Waals surface area contributed by atoms with E-state index in [2.05, 4.69) is 0 Å². The highest BCUT2D eigenvalue weighted by Crippen LogP contribution is 1.82. The van der Waals surface area contributed by atoms with Crippen LogP contribution in [-0.4, -0.2) is 45.6 Å². The lowest BCUT2D eigenvalue weighted by Crippen LogP contribution is -1.90. The first-order valence-corrected chi connectivity index (χ1v) is 6.11. The second kappa shape index (κ2) is 21.2. The minimum absolute atomic E-state index is 0.195. The number of rotatable bonds is 7. The molecule has 0 heterocycles. The van der Waals surface area contributed by atoms with Crippen molar-refractivity contribution >= 4 is 11.9 Å². The molecule has 0 amide bonds. The second-order valence-corrected chi connectivity index (χ2v) is 3.44. The SMILES string of the molecule is CCCC(=O)O.CCCC(=O)O.OCCCCO. The first kappa shape index (κ1) is 22.1. The predicted octanol–water partition coefficient (Wildman–Crippen LogP) is 1.49. The summed E-state index contributed by atoms with van der Waals surface area (Å²) in [5.74, 6) is -1.42. The van der Waals surface area contributed by atoms with Gasteiger partial charge in [-0.2, -0.15) is 0 Å². The van der Waals surface area contributed by atoms with E-state index >= 15 is 0 Å². The van der Waals surface area contributed by atoms with Gasteiger partial charge in [-0.15, -0.1) is 0 Å². The molecule has 0 atom stereocenters. The summed E-state index contributed by atoms with van der Waals surface area (Å²) in [5.41, 5.74) is 0. The summed E-state index contributed by atoms with van der Waals surface area (Å²) in [6.45, 7) is 4.07. The van der Waals surface area contributed by atoms with Gasteiger partial charge in [-0.05, 0) is 25.7 Å². The zero-order valence-electron chi connectivity index (χ0n) is 11.3. The minimum atomic E-state index is -0.711. The Morgan fingerprint density at radius 2 is 1.06 bits per heavy atom. The van der Waals surface area contributed by atoms with Crippen molar-refractivity contribution in [3.8, 4) is 0 Å². The molecular weight excluding hydrogens is 240 g/mol. The molecule has 0 aliphatic heterocycles. The smallest absolute Gasteiger partial charge is 0.303 e. The molecule has 4 N–H and O–H groups in total. The van der Waals surface area contributed by atoms with Crippen LogP contribution < -0.4 is 0 Å². The average molecular weight is 266 g/mol. The zero-order valence-corrected chi connectivity index (χ0v) is 11.3. The van der Waals surface area contributed by atoms with E-state index in [1.807, 2.05) is 13.8 Å². The van der Waals surface area contributed by atoms with Gasteiger partial charge in [0.1, 0.15) is 0 Å². The Hall–Kier alpha value is -1.14. The first-order valence-electron chi connectivity index (χ1n) is 6.11. The van der Waals surface area contributed by atoms with Gasteiger partial charge < -0.3 is 20.4 Å². The summed E-state index contributed by atoms with van der Waals surface area (Å²) in [4.78, 5) is 19.2. The van der Waals surface area contributed by atoms with Crippen LogP contribution in [0.5, 0.6) is 0 Å². The normalized spacial score (nSPS) is 8.44. The fourth-order valence-corrected chi connectivity index (χ4v) is 0.651. The van der Waals surface area contributed by atoms with Gasteiger partial charge in [-0.1, -0.05) is 13.8 Å². The van der Waals surface area contributed by atoms with Crippen molar-refractivity contribution in [2.24, 2.45) is 0 Å². The van der Waals surface area contributed by atoms with Gasteiger partial charge in [0.2, 0.25) is 0 Å². The number of aliphatic hydroxyl groups is 2. The molecular formula is C12H26O6. The fourth-order valence-electron chi connectivity index (χ4n) is 0.651. The standard InChI is InChI=1S/2C4H8O2.C4H10O2/c2*1-2-3-4(5)6;5-3-1-2-4-6/h2*2-3H2,1H3,(H,5,6);5-6H,1-4H2. The van der Waals surface area contributed by atoms with E-state index < -0.39 is 11.9 Å². The molecule has 0 fully saturated rings. The Morgan fingerprint density at radius 1 is 0.778 bits per heavy atom. The fraction of sp³-hybridized carbons (Fsp3) is 0.833. The number of hydrogen-bond donors (Lipinski definition) is 4. The summed E-state index contributed by atoms with van der Waals surface area (Å²) in [6, 6.07) is 0. The Labute approximate surface area is 108 Å². The van der Waals surface area contributed by atoms with E-state index in [4.69, 9.17) is 20.4 Å². The molecule has 0 aromatic carbocycles. The Balaban J connectivity index is -0.000000187. The van der Waals surface area contributed by atoms with Gasteiger partial charge in [-0.25, -0.2) is 0 Å². The highest BCUT2D eigenvalue weighted by atomic mass is 16.4. The quantitative estimate of drug-likeness (QED) is 0.519. The summed E-state index contributed by atoms with van der Waals surface area (Å²) < 4.78 is 0. The van der Waals surface area contributed by atoms with E-state index in [1.54, 1.807) is 0 Å². The number of carbonyl (C=O) groups is 2. The molecule has 6 heteroatoms. The molecule has 0 saturated carbocycles. The lowest BCUT2D eigenvalue weighted by molar-refractivity contribution is -0.138. The van der Waals surface area contributed by atoms with Crippen molar-refractivity contribution in [1.82, 2.24) is 0 Å². The van der Waals surface area contributed by atoms with Gasteiger partial charge in [-0.3, -0.25) is 9.59 Å². The first-order chi connectivity index (χ1) is 8.45. The van der Waals surface area contributed by atoms with E-state index in [0.717, 1.165) is 25.7 Å². The summed E-state index contributed by atoms with van der Waals surface area (Å²) in [5, 5.41) is 32.0. The summed E-state index contributed by atoms with van der Waals surface area (Å²) in [7, 11) is 0. The lowest BCUT2D eigenvalue weighted by Gasteiger charge is -1.85.